The molecule has 0 fully saturated rings. The second-order valence-electron chi connectivity index (χ2n) is 8.16. The zero-order valence-electron chi connectivity index (χ0n) is 18.1. The van der Waals surface area contributed by atoms with Gasteiger partial charge in [-0.15, -0.1) is 0 Å². The number of fused-ring (bicyclic) bond motifs is 2. The van der Waals surface area contributed by atoms with Gasteiger partial charge >= 0.3 is 5.97 Å². The van der Waals surface area contributed by atoms with E-state index in [-0.39, 0.29) is 24.2 Å². The summed E-state index contributed by atoms with van der Waals surface area (Å²) in [5.74, 6) is -0.0537. The third kappa shape index (κ3) is 3.81. The van der Waals surface area contributed by atoms with Crippen molar-refractivity contribution in [2.24, 2.45) is 0 Å². The molecule has 0 aliphatic carbocycles. The summed E-state index contributed by atoms with van der Waals surface area (Å²) >= 11 is 0. The van der Waals surface area contributed by atoms with Gasteiger partial charge in [-0.25, -0.2) is 0 Å². The van der Waals surface area contributed by atoms with Crippen molar-refractivity contribution >= 4 is 28.4 Å². The van der Waals surface area contributed by atoms with Crippen LogP contribution in [-0.4, -0.2) is 32.5 Å². The molecule has 0 amide bonds. The van der Waals surface area contributed by atoms with Gasteiger partial charge in [0, 0.05) is 46.9 Å². The number of hydrogen-bond acceptors (Lipinski definition) is 6. The Balaban J connectivity index is 1.41. The number of anilines is 1. The number of allylic oxidation sites excluding steroid dienone is 1. The van der Waals surface area contributed by atoms with E-state index >= 15 is 0 Å². The maximum absolute atomic E-state index is 12.6. The van der Waals surface area contributed by atoms with Gasteiger partial charge in [0.25, 0.3) is 0 Å². The molecule has 2 heterocycles. The lowest BCUT2D eigenvalue weighted by Gasteiger charge is -2.23. The minimum Gasteiger partial charge on any atom is -0.497 e. The van der Waals surface area contributed by atoms with Crippen molar-refractivity contribution in [1.82, 2.24) is 0 Å². The molecular formula is C25H25NO5. The summed E-state index contributed by atoms with van der Waals surface area (Å²) in [5.41, 5.74) is 4.16. The Bertz CT molecular complexity index is 1190. The molecule has 1 aromatic heterocycles. The van der Waals surface area contributed by atoms with Crippen LogP contribution in [0.25, 0.3) is 11.0 Å². The average molecular weight is 419 g/mol. The molecule has 0 radical (unpaired) electrons. The van der Waals surface area contributed by atoms with E-state index in [0.717, 1.165) is 22.3 Å². The van der Waals surface area contributed by atoms with Crippen molar-refractivity contribution in [3.63, 3.8) is 0 Å². The van der Waals surface area contributed by atoms with E-state index in [1.165, 1.54) is 6.26 Å². The Morgan fingerprint density at radius 2 is 1.94 bits per heavy atom. The molecule has 4 rings (SSSR count). The zero-order valence-corrected chi connectivity index (χ0v) is 18.1. The highest BCUT2D eigenvalue weighted by atomic mass is 16.5. The van der Waals surface area contributed by atoms with Gasteiger partial charge < -0.3 is 18.8 Å². The molecule has 0 saturated heterocycles. The third-order valence-electron chi connectivity index (χ3n) is 5.81. The smallest absolute Gasteiger partial charge is 0.310 e. The lowest BCUT2D eigenvalue weighted by Crippen LogP contribution is -2.25. The van der Waals surface area contributed by atoms with Crippen LogP contribution >= 0.6 is 0 Å². The van der Waals surface area contributed by atoms with Crippen molar-refractivity contribution < 1.29 is 23.5 Å². The van der Waals surface area contributed by atoms with E-state index in [1.54, 1.807) is 25.3 Å². The highest BCUT2D eigenvalue weighted by molar-refractivity contribution is 5.95. The minimum atomic E-state index is -0.479. The van der Waals surface area contributed by atoms with Crippen LogP contribution < -0.4 is 9.64 Å². The predicted molar refractivity (Wildman–Crippen MR) is 118 cm³/mol. The molecule has 31 heavy (non-hydrogen) atoms. The van der Waals surface area contributed by atoms with Crippen LogP contribution in [0.4, 0.5) is 5.69 Å². The van der Waals surface area contributed by atoms with E-state index in [4.69, 9.17) is 13.9 Å². The lowest BCUT2D eigenvalue weighted by atomic mass is 9.83. The number of benzene rings is 2. The highest BCUT2D eigenvalue weighted by Crippen LogP contribution is 2.46. The van der Waals surface area contributed by atoms with Gasteiger partial charge in [-0.1, -0.05) is 32.0 Å². The van der Waals surface area contributed by atoms with Crippen LogP contribution in [-0.2, 0) is 26.2 Å². The number of nitrogens with zero attached hydrogens (tertiary/aromatic N) is 1. The largest absolute Gasteiger partial charge is 0.497 e. The number of para-hydroxylation sites is 1. The zero-order chi connectivity index (χ0) is 22.2. The predicted octanol–water partition coefficient (Wildman–Crippen LogP) is 4.41. The molecule has 1 aliphatic heterocycles. The Morgan fingerprint density at radius 3 is 2.68 bits per heavy atom. The minimum absolute atomic E-state index is 0.0278. The van der Waals surface area contributed by atoms with E-state index in [2.05, 4.69) is 19.9 Å². The maximum Gasteiger partial charge on any atom is 0.310 e. The van der Waals surface area contributed by atoms with Crippen LogP contribution in [0.5, 0.6) is 5.75 Å². The lowest BCUT2D eigenvalue weighted by molar-refractivity contribution is -0.146. The Kier molecular flexibility index (Phi) is 5.31. The number of carbonyl (C=O) groups is 2. The number of carbonyl (C=O) groups excluding carboxylic acids is 2. The summed E-state index contributed by atoms with van der Waals surface area (Å²) < 4.78 is 15.9. The first-order chi connectivity index (χ1) is 14.8. The molecule has 2 aromatic carbocycles. The second-order valence-corrected chi connectivity index (χ2v) is 8.16. The first-order valence-electron chi connectivity index (χ1n) is 10.1. The number of likely N-dealkylation sites (N-methyl/N-ethyl adjacent to an activating group) is 1. The first kappa shape index (κ1) is 20.7. The SMILES string of the molecule is COc1ccc2c(CC(=O)OCC(=O)/C=C3/N(C)c4ccccc4C3(C)C)coc2c1. The Hall–Kier alpha value is -3.54. The van der Waals surface area contributed by atoms with E-state index in [0.29, 0.717) is 16.9 Å². The highest BCUT2D eigenvalue weighted by Gasteiger charge is 2.38. The fourth-order valence-electron chi connectivity index (χ4n) is 4.14. The standard InChI is InChI=1S/C25H25NO5/c1-25(2)20-7-5-6-8-21(20)26(3)23(25)12-17(27)15-31-24(28)11-16-14-30-22-13-18(29-4)9-10-19(16)22/h5-10,12-14H,11,15H2,1-4H3/b23-12+. The van der Waals surface area contributed by atoms with Gasteiger partial charge in [-0.3, -0.25) is 9.59 Å². The first-order valence-corrected chi connectivity index (χ1v) is 10.1. The average Bonchev–Trinajstić information content (AvgIpc) is 3.24. The van der Waals surface area contributed by atoms with Gasteiger partial charge in [0.05, 0.1) is 19.8 Å². The quantitative estimate of drug-likeness (QED) is 0.436. The summed E-state index contributed by atoms with van der Waals surface area (Å²) in [6.45, 7) is 3.87. The van der Waals surface area contributed by atoms with Crippen LogP contribution in [0, 0.1) is 0 Å². The summed E-state index contributed by atoms with van der Waals surface area (Å²) in [7, 11) is 3.52. The molecular weight excluding hydrogens is 394 g/mol. The number of ketones is 1. The fraction of sp³-hybridized carbons (Fsp3) is 0.280. The van der Waals surface area contributed by atoms with Crippen molar-refractivity contribution in [1.29, 1.82) is 0 Å². The Labute approximate surface area is 181 Å². The van der Waals surface area contributed by atoms with Crippen molar-refractivity contribution in [2.75, 3.05) is 25.7 Å². The molecule has 6 nitrogen and oxygen atoms in total. The molecule has 0 unspecified atom stereocenters. The summed E-state index contributed by atoms with van der Waals surface area (Å²) in [6, 6.07) is 13.5. The number of esters is 1. The molecule has 0 saturated carbocycles. The van der Waals surface area contributed by atoms with Gasteiger partial charge in [0.15, 0.2) is 12.4 Å². The van der Waals surface area contributed by atoms with Crippen LogP contribution in [0.2, 0.25) is 0 Å². The molecule has 0 N–H and O–H groups in total. The van der Waals surface area contributed by atoms with E-state index < -0.39 is 5.97 Å². The monoisotopic (exact) mass is 419 g/mol. The number of furan rings is 1. The van der Waals surface area contributed by atoms with Gasteiger partial charge in [-0.05, 0) is 23.8 Å². The summed E-state index contributed by atoms with van der Waals surface area (Å²) in [4.78, 5) is 26.9. The molecule has 3 aromatic rings. The maximum atomic E-state index is 12.6. The van der Waals surface area contributed by atoms with Gasteiger partial charge in [0.2, 0.25) is 0 Å². The Morgan fingerprint density at radius 1 is 1.16 bits per heavy atom. The molecule has 0 atom stereocenters. The number of hydrogen-bond donors (Lipinski definition) is 0. The van der Waals surface area contributed by atoms with Crippen LogP contribution in [0.15, 0.2) is 64.9 Å². The molecule has 1 aliphatic rings. The molecule has 0 bridgehead atoms. The fourth-order valence-corrected chi connectivity index (χ4v) is 4.14. The van der Waals surface area contributed by atoms with Gasteiger partial charge in [-0.2, -0.15) is 0 Å². The summed E-state index contributed by atoms with van der Waals surface area (Å²) in [5, 5.41) is 0.818. The normalized spacial score (nSPS) is 15.9. The second kappa shape index (κ2) is 7.95. The molecule has 6 heteroatoms. The van der Waals surface area contributed by atoms with Crippen LogP contribution in [0.1, 0.15) is 25.0 Å². The van der Waals surface area contributed by atoms with Gasteiger partial charge in [0.1, 0.15) is 11.3 Å². The van der Waals surface area contributed by atoms with Crippen molar-refractivity contribution in [3.8, 4) is 5.75 Å². The van der Waals surface area contributed by atoms with E-state index in [1.807, 2.05) is 36.2 Å². The topological polar surface area (TPSA) is 69.0 Å². The molecule has 0 spiro atoms. The number of methoxy groups -OCH3 is 1. The molecule has 160 valence electrons. The van der Waals surface area contributed by atoms with E-state index in [9.17, 15) is 9.59 Å². The number of rotatable bonds is 6. The third-order valence-corrected chi connectivity index (χ3v) is 5.81. The number of ether oxygens (including phenoxy) is 2. The van der Waals surface area contributed by atoms with Crippen LogP contribution in [0.3, 0.4) is 0 Å². The van der Waals surface area contributed by atoms with Crippen molar-refractivity contribution in [3.05, 3.63) is 71.6 Å². The van der Waals surface area contributed by atoms with Crippen molar-refractivity contribution in [2.45, 2.75) is 25.7 Å². The summed E-state index contributed by atoms with van der Waals surface area (Å²) in [6.07, 6.45) is 3.13.